The van der Waals surface area contributed by atoms with Crippen LogP contribution < -0.4 is 5.32 Å². The Kier molecular flexibility index (Phi) is 4.83. The van der Waals surface area contributed by atoms with Crippen LogP contribution in [-0.2, 0) is 6.54 Å². The minimum Gasteiger partial charge on any atom is -0.309 e. The van der Waals surface area contributed by atoms with Crippen LogP contribution in [0.3, 0.4) is 0 Å². The highest BCUT2D eigenvalue weighted by Gasteiger charge is 2.25. The van der Waals surface area contributed by atoms with E-state index in [0.29, 0.717) is 29.9 Å². The van der Waals surface area contributed by atoms with Crippen molar-refractivity contribution in [2.75, 3.05) is 5.88 Å². The summed E-state index contributed by atoms with van der Waals surface area (Å²) in [6.07, 6.45) is 3.55. The standard InChI is InChI=1S/C13H16BrClFN/c14-11-5-4-10(12(16)6-11)8-17-13-3-1-2-9(13)7-15/h4-6,9,13,17H,1-3,7-8H2. The second-order valence-electron chi connectivity index (χ2n) is 4.57. The normalized spacial score (nSPS) is 24.2. The zero-order valence-electron chi connectivity index (χ0n) is 9.56. The molecule has 0 aromatic heterocycles. The van der Waals surface area contributed by atoms with Crippen LogP contribution >= 0.6 is 27.5 Å². The van der Waals surface area contributed by atoms with Gasteiger partial charge in [-0.3, -0.25) is 0 Å². The number of rotatable bonds is 4. The third-order valence-corrected chi connectivity index (χ3v) is 4.32. The van der Waals surface area contributed by atoms with E-state index < -0.39 is 0 Å². The van der Waals surface area contributed by atoms with Gasteiger partial charge in [-0.05, 0) is 30.9 Å². The van der Waals surface area contributed by atoms with E-state index in [4.69, 9.17) is 11.6 Å². The maximum Gasteiger partial charge on any atom is 0.128 e. The minimum atomic E-state index is -0.160. The first kappa shape index (κ1) is 13.3. The molecule has 2 rings (SSSR count). The van der Waals surface area contributed by atoms with Crippen LogP contribution in [0.5, 0.6) is 0 Å². The SMILES string of the molecule is Fc1cc(Br)ccc1CNC1CCCC1CCl. The van der Waals surface area contributed by atoms with Crippen LogP contribution in [0, 0.1) is 11.7 Å². The van der Waals surface area contributed by atoms with Crippen LogP contribution in [0.2, 0.25) is 0 Å². The molecule has 1 N–H and O–H groups in total. The molecule has 0 radical (unpaired) electrons. The molecule has 17 heavy (non-hydrogen) atoms. The monoisotopic (exact) mass is 319 g/mol. The van der Waals surface area contributed by atoms with Crippen molar-refractivity contribution in [2.24, 2.45) is 5.92 Å². The van der Waals surface area contributed by atoms with Gasteiger partial charge < -0.3 is 5.32 Å². The summed E-state index contributed by atoms with van der Waals surface area (Å²) in [6.45, 7) is 0.581. The van der Waals surface area contributed by atoms with Crippen molar-refractivity contribution in [2.45, 2.75) is 31.8 Å². The van der Waals surface area contributed by atoms with Crippen molar-refractivity contribution < 1.29 is 4.39 Å². The van der Waals surface area contributed by atoms with Gasteiger partial charge in [0.2, 0.25) is 0 Å². The molecule has 1 aliphatic rings. The lowest BCUT2D eigenvalue weighted by molar-refractivity contribution is 0.425. The minimum absolute atomic E-state index is 0.160. The van der Waals surface area contributed by atoms with Crippen molar-refractivity contribution >= 4 is 27.5 Å². The Morgan fingerprint density at radius 3 is 2.94 bits per heavy atom. The maximum atomic E-state index is 13.6. The summed E-state index contributed by atoms with van der Waals surface area (Å²) in [5.41, 5.74) is 0.716. The number of halogens is 3. The molecule has 1 aliphatic carbocycles. The highest BCUT2D eigenvalue weighted by Crippen LogP contribution is 2.27. The highest BCUT2D eigenvalue weighted by molar-refractivity contribution is 9.10. The van der Waals surface area contributed by atoms with Crippen LogP contribution in [0.4, 0.5) is 4.39 Å². The summed E-state index contributed by atoms with van der Waals surface area (Å²) in [5.74, 6) is 1.07. The quantitative estimate of drug-likeness (QED) is 0.824. The molecular weight excluding hydrogens is 305 g/mol. The first-order valence-corrected chi connectivity index (χ1v) is 7.26. The fraction of sp³-hybridized carbons (Fsp3) is 0.538. The van der Waals surface area contributed by atoms with Gasteiger partial charge in [0.25, 0.3) is 0 Å². The van der Waals surface area contributed by atoms with Crippen molar-refractivity contribution in [1.82, 2.24) is 5.32 Å². The van der Waals surface area contributed by atoms with Gasteiger partial charge in [-0.1, -0.05) is 28.4 Å². The molecule has 0 saturated heterocycles. The number of alkyl halides is 1. The molecule has 1 aromatic rings. The number of hydrogen-bond donors (Lipinski definition) is 1. The smallest absolute Gasteiger partial charge is 0.128 e. The van der Waals surface area contributed by atoms with E-state index in [0.717, 1.165) is 10.9 Å². The Labute approximate surface area is 115 Å². The van der Waals surface area contributed by atoms with E-state index in [-0.39, 0.29) is 5.82 Å². The number of nitrogens with one attached hydrogen (secondary N) is 1. The first-order valence-electron chi connectivity index (χ1n) is 5.94. The molecule has 0 heterocycles. The number of hydrogen-bond acceptors (Lipinski definition) is 1. The predicted molar refractivity (Wildman–Crippen MR) is 72.8 cm³/mol. The van der Waals surface area contributed by atoms with Crippen LogP contribution in [0.25, 0.3) is 0 Å². The van der Waals surface area contributed by atoms with E-state index in [1.165, 1.54) is 18.9 Å². The molecule has 1 saturated carbocycles. The van der Waals surface area contributed by atoms with E-state index in [1.807, 2.05) is 12.1 Å². The van der Waals surface area contributed by atoms with Crippen LogP contribution in [0.1, 0.15) is 24.8 Å². The molecule has 0 amide bonds. The third-order valence-electron chi connectivity index (χ3n) is 3.43. The average molecular weight is 321 g/mol. The maximum absolute atomic E-state index is 13.6. The van der Waals surface area contributed by atoms with Crippen molar-refractivity contribution in [3.05, 3.63) is 34.1 Å². The summed E-state index contributed by atoms with van der Waals surface area (Å²) in [5, 5.41) is 3.42. The summed E-state index contributed by atoms with van der Waals surface area (Å²) in [6, 6.07) is 5.63. The van der Waals surface area contributed by atoms with Gasteiger partial charge in [-0.15, -0.1) is 11.6 Å². The summed E-state index contributed by atoms with van der Waals surface area (Å²) < 4.78 is 14.4. The van der Waals surface area contributed by atoms with Gasteiger partial charge in [0.05, 0.1) is 0 Å². The van der Waals surface area contributed by atoms with Crippen molar-refractivity contribution in [3.63, 3.8) is 0 Å². The average Bonchev–Trinajstić information content (AvgIpc) is 2.75. The fourth-order valence-corrected chi connectivity index (χ4v) is 3.10. The molecule has 2 unspecified atom stereocenters. The zero-order valence-corrected chi connectivity index (χ0v) is 11.9. The molecule has 0 aliphatic heterocycles. The predicted octanol–water partition coefficient (Wildman–Crippen LogP) is 4.09. The molecular formula is C13H16BrClFN. The number of benzene rings is 1. The largest absolute Gasteiger partial charge is 0.309 e. The highest BCUT2D eigenvalue weighted by atomic mass is 79.9. The Bertz CT molecular complexity index is 386. The lowest BCUT2D eigenvalue weighted by Crippen LogP contribution is -2.32. The van der Waals surface area contributed by atoms with Gasteiger partial charge in [0.15, 0.2) is 0 Å². The second-order valence-corrected chi connectivity index (χ2v) is 5.79. The topological polar surface area (TPSA) is 12.0 Å². The van der Waals surface area contributed by atoms with E-state index in [9.17, 15) is 4.39 Å². The van der Waals surface area contributed by atoms with Crippen LogP contribution in [0.15, 0.2) is 22.7 Å². The molecule has 0 spiro atoms. The van der Waals surface area contributed by atoms with Gasteiger partial charge in [0, 0.05) is 28.5 Å². The van der Waals surface area contributed by atoms with Gasteiger partial charge in [0.1, 0.15) is 5.82 Å². The summed E-state index contributed by atoms with van der Waals surface area (Å²) in [7, 11) is 0. The Morgan fingerprint density at radius 1 is 1.41 bits per heavy atom. The van der Waals surface area contributed by atoms with E-state index >= 15 is 0 Å². The molecule has 0 bridgehead atoms. The van der Waals surface area contributed by atoms with Gasteiger partial charge in [-0.2, -0.15) is 0 Å². The second kappa shape index (κ2) is 6.17. The fourth-order valence-electron chi connectivity index (χ4n) is 2.40. The first-order chi connectivity index (χ1) is 8.20. The summed E-state index contributed by atoms with van der Waals surface area (Å²) >= 11 is 9.17. The summed E-state index contributed by atoms with van der Waals surface area (Å²) in [4.78, 5) is 0. The molecule has 1 fully saturated rings. The molecule has 1 aromatic carbocycles. The van der Waals surface area contributed by atoms with Crippen LogP contribution in [-0.4, -0.2) is 11.9 Å². The van der Waals surface area contributed by atoms with E-state index in [1.54, 1.807) is 0 Å². The molecule has 94 valence electrons. The Hall–Kier alpha value is -0.120. The molecule has 4 heteroatoms. The lowest BCUT2D eigenvalue weighted by atomic mass is 10.1. The van der Waals surface area contributed by atoms with Gasteiger partial charge >= 0.3 is 0 Å². The molecule has 1 nitrogen and oxygen atoms in total. The molecule has 2 atom stereocenters. The third kappa shape index (κ3) is 3.43. The lowest BCUT2D eigenvalue weighted by Gasteiger charge is -2.19. The van der Waals surface area contributed by atoms with Crippen molar-refractivity contribution in [3.8, 4) is 0 Å². The Morgan fingerprint density at radius 2 is 2.24 bits per heavy atom. The van der Waals surface area contributed by atoms with Crippen molar-refractivity contribution in [1.29, 1.82) is 0 Å². The zero-order chi connectivity index (χ0) is 12.3. The Balaban J connectivity index is 1.93. The van der Waals surface area contributed by atoms with E-state index in [2.05, 4.69) is 21.2 Å². The van der Waals surface area contributed by atoms with Gasteiger partial charge in [-0.25, -0.2) is 4.39 Å².